The first-order valence-electron chi connectivity index (χ1n) is 11.6. The largest absolute Gasteiger partial charge is 0.495 e. The minimum atomic E-state index is -0.384. The van der Waals surface area contributed by atoms with Crippen LogP contribution < -0.4 is 19.9 Å². The molecule has 2 aromatic carbocycles. The molecule has 5 rings (SSSR count). The number of rotatable bonds is 6. The second-order valence-electron chi connectivity index (χ2n) is 8.83. The van der Waals surface area contributed by atoms with Gasteiger partial charge in [-0.2, -0.15) is 0 Å². The third-order valence-electron chi connectivity index (χ3n) is 6.88. The molecule has 9 nitrogen and oxygen atoms in total. The van der Waals surface area contributed by atoms with Gasteiger partial charge in [0, 0.05) is 56.4 Å². The number of aromatic nitrogens is 1. The molecule has 1 fully saturated rings. The molecule has 0 radical (unpaired) electrons. The average Bonchev–Trinajstić information content (AvgIpc) is 2.91. The molecular weight excluding hydrogens is 446 g/mol. The molecule has 2 atom stereocenters. The van der Waals surface area contributed by atoms with E-state index in [4.69, 9.17) is 4.74 Å². The van der Waals surface area contributed by atoms with E-state index in [1.807, 2.05) is 42.5 Å². The third kappa shape index (κ3) is 4.49. The van der Waals surface area contributed by atoms with Crippen LogP contribution in [0.3, 0.4) is 0 Å². The number of piperazine rings is 1. The summed E-state index contributed by atoms with van der Waals surface area (Å²) in [5.74, 6) is 0.381. The zero-order valence-corrected chi connectivity index (χ0v) is 19.5. The Balaban J connectivity index is 1.45. The van der Waals surface area contributed by atoms with E-state index in [1.54, 1.807) is 31.6 Å². The third-order valence-corrected chi connectivity index (χ3v) is 6.88. The van der Waals surface area contributed by atoms with E-state index in [2.05, 4.69) is 20.1 Å². The normalized spacial score (nSPS) is 18.9. The zero-order valence-electron chi connectivity index (χ0n) is 19.5. The average molecular weight is 474 g/mol. The predicted molar refractivity (Wildman–Crippen MR) is 133 cm³/mol. The van der Waals surface area contributed by atoms with Crippen LogP contribution in [0.2, 0.25) is 0 Å². The number of nitro groups is 1. The number of hydrogen-bond acceptors (Lipinski definition) is 7. The fourth-order valence-corrected chi connectivity index (χ4v) is 5.15. The molecule has 3 aromatic rings. The molecule has 0 saturated carbocycles. The first-order valence-corrected chi connectivity index (χ1v) is 11.6. The molecule has 0 aliphatic carbocycles. The Labute approximate surface area is 203 Å². The van der Waals surface area contributed by atoms with Crippen LogP contribution in [0, 0.1) is 16.0 Å². The molecule has 9 heteroatoms. The van der Waals surface area contributed by atoms with Crippen molar-refractivity contribution in [1.29, 1.82) is 0 Å². The van der Waals surface area contributed by atoms with Gasteiger partial charge in [-0.1, -0.05) is 12.1 Å². The molecule has 0 bridgehead atoms. The van der Waals surface area contributed by atoms with Gasteiger partial charge in [-0.3, -0.25) is 19.9 Å². The number of amides is 1. The summed E-state index contributed by atoms with van der Waals surface area (Å²) in [4.78, 5) is 33.0. The number of para-hydroxylation sites is 2. The number of pyridine rings is 1. The molecule has 1 N–H and O–H groups in total. The topological polar surface area (TPSA) is 101 Å². The van der Waals surface area contributed by atoms with E-state index in [9.17, 15) is 14.9 Å². The number of carbonyl (C=O) groups is 1. The molecule has 2 aliphatic heterocycles. The Morgan fingerprint density at radius 1 is 1.14 bits per heavy atom. The highest BCUT2D eigenvalue weighted by Gasteiger charge is 2.42. The van der Waals surface area contributed by atoms with Crippen LogP contribution in [-0.4, -0.2) is 48.6 Å². The van der Waals surface area contributed by atoms with Crippen LogP contribution >= 0.6 is 0 Å². The van der Waals surface area contributed by atoms with E-state index in [-0.39, 0.29) is 28.5 Å². The highest BCUT2D eigenvalue weighted by atomic mass is 16.6. The van der Waals surface area contributed by atoms with Crippen molar-refractivity contribution in [2.24, 2.45) is 5.92 Å². The van der Waals surface area contributed by atoms with Crippen LogP contribution in [0.1, 0.15) is 11.1 Å². The summed E-state index contributed by atoms with van der Waals surface area (Å²) in [5.41, 5.74) is 3.82. The summed E-state index contributed by atoms with van der Waals surface area (Å²) >= 11 is 0. The lowest BCUT2D eigenvalue weighted by atomic mass is 9.83. The second-order valence-corrected chi connectivity index (χ2v) is 8.83. The maximum Gasteiger partial charge on any atom is 0.269 e. The van der Waals surface area contributed by atoms with Crippen molar-refractivity contribution in [2.45, 2.75) is 19.0 Å². The monoisotopic (exact) mass is 473 g/mol. The molecule has 1 amide bonds. The van der Waals surface area contributed by atoms with E-state index >= 15 is 0 Å². The van der Waals surface area contributed by atoms with E-state index in [0.717, 1.165) is 34.8 Å². The van der Waals surface area contributed by atoms with Crippen molar-refractivity contribution in [1.82, 2.24) is 10.3 Å². The summed E-state index contributed by atoms with van der Waals surface area (Å²) in [6.45, 7) is 2.49. The van der Waals surface area contributed by atoms with Crippen LogP contribution in [-0.2, 0) is 17.8 Å². The number of benzene rings is 2. The molecule has 3 heterocycles. The van der Waals surface area contributed by atoms with Gasteiger partial charge in [-0.15, -0.1) is 0 Å². The van der Waals surface area contributed by atoms with Crippen LogP contribution in [0.4, 0.5) is 17.1 Å². The molecule has 35 heavy (non-hydrogen) atoms. The smallest absolute Gasteiger partial charge is 0.269 e. The standard InChI is InChI=1S/C26H27N5O4/c1-35-25-5-3-2-4-23(25)29-12-13-30-22-7-6-20(31(33)34)14-19(22)15-21(24(30)17-29)26(32)28-16-18-8-10-27-11-9-18/h2-11,14,21,24H,12-13,15-17H2,1H3,(H,28,32)/t21-,24-/m0/s1. The van der Waals surface area contributed by atoms with Crippen molar-refractivity contribution in [3.63, 3.8) is 0 Å². The Morgan fingerprint density at radius 3 is 2.71 bits per heavy atom. The van der Waals surface area contributed by atoms with Crippen molar-refractivity contribution in [2.75, 3.05) is 36.5 Å². The highest BCUT2D eigenvalue weighted by molar-refractivity contribution is 5.82. The van der Waals surface area contributed by atoms with E-state index in [0.29, 0.717) is 26.1 Å². The predicted octanol–water partition coefficient (Wildman–Crippen LogP) is 3.18. The number of nitrogens with zero attached hydrogens (tertiary/aromatic N) is 4. The zero-order chi connectivity index (χ0) is 24.4. The van der Waals surface area contributed by atoms with Crippen molar-refractivity contribution < 1.29 is 14.5 Å². The summed E-state index contributed by atoms with van der Waals surface area (Å²) < 4.78 is 5.58. The second kappa shape index (κ2) is 9.61. The van der Waals surface area contributed by atoms with E-state index < -0.39 is 0 Å². The van der Waals surface area contributed by atoms with Gasteiger partial charge >= 0.3 is 0 Å². The highest BCUT2D eigenvalue weighted by Crippen LogP contribution is 2.39. The Kier molecular flexibility index (Phi) is 6.22. The first-order chi connectivity index (χ1) is 17.0. The molecule has 180 valence electrons. The first kappa shape index (κ1) is 22.6. The minimum Gasteiger partial charge on any atom is -0.495 e. The van der Waals surface area contributed by atoms with Gasteiger partial charge in [0.1, 0.15) is 5.75 Å². The molecule has 1 aromatic heterocycles. The van der Waals surface area contributed by atoms with Crippen LogP contribution in [0.25, 0.3) is 0 Å². The number of nitro benzene ring substituents is 1. The van der Waals surface area contributed by atoms with Gasteiger partial charge < -0.3 is 19.9 Å². The van der Waals surface area contributed by atoms with Crippen molar-refractivity contribution in [3.8, 4) is 5.75 Å². The SMILES string of the molecule is COc1ccccc1N1CCN2c3ccc([N+](=O)[O-])cc3C[C@H](C(=O)NCc3ccncc3)[C@@H]2C1. The van der Waals surface area contributed by atoms with Gasteiger partial charge in [0.15, 0.2) is 0 Å². The van der Waals surface area contributed by atoms with Crippen LogP contribution in [0.5, 0.6) is 5.75 Å². The number of methoxy groups -OCH3 is 1. The number of fused-ring (bicyclic) bond motifs is 3. The fraction of sp³-hybridized carbons (Fsp3) is 0.308. The molecule has 2 aliphatic rings. The Hall–Kier alpha value is -4.14. The summed E-state index contributed by atoms with van der Waals surface area (Å²) in [6.07, 6.45) is 3.84. The van der Waals surface area contributed by atoms with Gasteiger partial charge in [0.2, 0.25) is 5.91 Å². The van der Waals surface area contributed by atoms with Gasteiger partial charge in [0.25, 0.3) is 5.69 Å². The Morgan fingerprint density at radius 2 is 1.94 bits per heavy atom. The lowest BCUT2D eigenvalue weighted by molar-refractivity contribution is -0.384. The molecule has 0 spiro atoms. The van der Waals surface area contributed by atoms with Crippen molar-refractivity contribution in [3.05, 3.63) is 88.2 Å². The summed E-state index contributed by atoms with van der Waals surface area (Å²) in [6, 6.07) is 16.5. The lowest BCUT2D eigenvalue weighted by Gasteiger charge is -2.49. The number of anilines is 2. The summed E-state index contributed by atoms with van der Waals surface area (Å²) in [7, 11) is 1.66. The maximum absolute atomic E-state index is 13.5. The number of nitrogens with one attached hydrogen (secondary N) is 1. The number of carbonyl (C=O) groups excluding carboxylic acids is 1. The molecule has 1 saturated heterocycles. The fourth-order valence-electron chi connectivity index (χ4n) is 5.15. The van der Waals surface area contributed by atoms with E-state index in [1.165, 1.54) is 0 Å². The molecular formula is C26H27N5O4. The quantitative estimate of drug-likeness (QED) is 0.433. The summed E-state index contributed by atoms with van der Waals surface area (Å²) in [5, 5.41) is 14.5. The van der Waals surface area contributed by atoms with Crippen LogP contribution in [0.15, 0.2) is 67.0 Å². The van der Waals surface area contributed by atoms with Gasteiger partial charge in [-0.25, -0.2) is 0 Å². The van der Waals surface area contributed by atoms with Crippen molar-refractivity contribution >= 4 is 23.0 Å². The number of hydrogen-bond donors (Lipinski definition) is 1. The number of ether oxygens (including phenoxy) is 1. The lowest BCUT2D eigenvalue weighted by Crippen LogP contribution is -2.61. The maximum atomic E-state index is 13.5. The number of non-ortho nitro benzene ring substituents is 1. The van der Waals surface area contributed by atoms with Gasteiger partial charge in [-0.05, 0) is 47.9 Å². The molecule has 0 unspecified atom stereocenters. The minimum absolute atomic E-state index is 0.0470. The van der Waals surface area contributed by atoms with Gasteiger partial charge in [0.05, 0.1) is 29.7 Å². The Bertz CT molecular complexity index is 1240.